The van der Waals surface area contributed by atoms with Crippen molar-refractivity contribution in [2.75, 3.05) is 19.6 Å². The summed E-state index contributed by atoms with van der Waals surface area (Å²) in [5.41, 5.74) is 3.14. The number of nitrogens with zero attached hydrogens (tertiary/aromatic N) is 1. The Morgan fingerprint density at radius 1 is 1.29 bits per heavy atom. The number of aryl methyl sites for hydroxylation is 1. The van der Waals surface area contributed by atoms with Gasteiger partial charge in [-0.15, -0.1) is 0 Å². The van der Waals surface area contributed by atoms with Crippen LogP contribution < -0.4 is 0 Å². The SMILES string of the molecule is Brc1ccc2c(c1)C(CN1CC=CCC1)CC2. The maximum absolute atomic E-state index is 3.59. The summed E-state index contributed by atoms with van der Waals surface area (Å²) in [5, 5.41) is 0. The highest BCUT2D eigenvalue weighted by Gasteiger charge is 2.24. The number of benzene rings is 1. The first kappa shape index (κ1) is 11.5. The van der Waals surface area contributed by atoms with Crippen molar-refractivity contribution >= 4 is 15.9 Å². The molecule has 0 aromatic heterocycles. The van der Waals surface area contributed by atoms with Gasteiger partial charge in [-0.3, -0.25) is 4.90 Å². The Bertz CT molecular complexity index is 439. The van der Waals surface area contributed by atoms with Crippen LogP contribution in [0.2, 0.25) is 0 Å². The van der Waals surface area contributed by atoms with E-state index in [0.717, 1.165) is 12.5 Å². The van der Waals surface area contributed by atoms with E-state index >= 15 is 0 Å². The average molecular weight is 292 g/mol. The Kier molecular flexibility index (Phi) is 3.34. The molecule has 0 saturated heterocycles. The van der Waals surface area contributed by atoms with Crippen LogP contribution in [0.25, 0.3) is 0 Å². The molecule has 2 aliphatic rings. The van der Waals surface area contributed by atoms with Crippen molar-refractivity contribution in [2.24, 2.45) is 0 Å². The second-order valence-corrected chi connectivity index (χ2v) is 6.01. The summed E-state index contributed by atoms with van der Waals surface area (Å²) >= 11 is 3.59. The van der Waals surface area contributed by atoms with Crippen LogP contribution in [0.1, 0.15) is 29.9 Å². The minimum absolute atomic E-state index is 0.744. The minimum atomic E-state index is 0.744. The Hall–Kier alpha value is -0.600. The monoisotopic (exact) mass is 291 g/mol. The zero-order valence-corrected chi connectivity index (χ0v) is 11.6. The second kappa shape index (κ2) is 4.95. The fraction of sp³-hybridized carbons (Fsp3) is 0.467. The topological polar surface area (TPSA) is 3.24 Å². The van der Waals surface area contributed by atoms with E-state index in [-0.39, 0.29) is 0 Å². The molecule has 1 nitrogen and oxygen atoms in total. The van der Waals surface area contributed by atoms with Crippen LogP contribution in [-0.2, 0) is 6.42 Å². The highest BCUT2D eigenvalue weighted by Crippen LogP contribution is 2.35. The standard InChI is InChI=1S/C15H18BrN/c16-14-7-6-12-4-5-13(15(12)10-14)11-17-8-2-1-3-9-17/h1-2,6-7,10,13H,3-5,8-9,11H2. The molecule has 3 rings (SSSR count). The second-order valence-electron chi connectivity index (χ2n) is 5.10. The first-order valence-corrected chi connectivity index (χ1v) is 7.28. The maximum atomic E-state index is 3.59. The quantitative estimate of drug-likeness (QED) is 0.751. The molecule has 2 heteroatoms. The molecular weight excluding hydrogens is 274 g/mol. The van der Waals surface area contributed by atoms with Crippen molar-refractivity contribution in [3.05, 3.63) is 46.0 Å². The molecule has 1 aliphatic carbocycles. The number of hydrogen-bond donors (Lipinski definition) is 0. The van der Waals surface area contributed by atoms with Crippen molar-refractivity contribution in [1.29, 1.82) is 0 Å². The molecule has 1 heterocycles. The van der Waals surface area contributed by atoms with Gasteiger partial charge in [0, 0.05) is 24.1 Å². The number of halogens is 1. The number of fused-ring (bicyclic) bond motifs is 1. The molecule has 1 aromatic rings. The molecule has 1 aromatic carbocycles. The fourth-order valence-corrected chi connectivity index (χ4v) is 3.39. The van der Waals surface area contributed by atoms with Gasteiger partial charge in [0.15, 0.2) is 0 Å². The summed E-state index contributed by atoms with van der Waals surface area (Å²) in [4.78, 5) is 2.58. The van der Waals surface area contributed by atoms with Crippen molar-refractivity contribution in [3.63, 3.8) is 0 Å². The fourth-order valence-electron chi connectivity index (χ4n) is 3.02. The maximum Gasteiger partial charge on any atom is 0.0178 e. The largest absolute Gasteiger partial charge is 0.299 e. The summed E-state index contributed by atoms with van der Waals surface area (Å²) in [6.07, 6.45) is 8.41. The van der Waals surface area contributed by atoms with Gasteiger partial charge in [-0.1, -0.05) is 34.1 Å². The van der Waals surface area contributed by atoms with E-state index < -0.39 is 0 Å². The van der Waals surface area contributed by atoms with Gasteiger partial charge in [-0.05, 0) is 48.4 Å². The van der Waals surface area contributed by atoms with E-state index in [4.69, 9.17) is 0 Å². The third kappa shape index (κ3) is 2.48. The summed E-state index contributed by atoms with van der Waals surface area (Å²) in [6.45, 7) is 3.60. The lowest BCUT2D eigenvalue weighted by atomic mass is 10.0. The van der Waals surface area contributed by atoms with Crippen LogP contribution in [0, 0.1) is 0 Å². The summed E-state index contributed by atoms with van der Waals surface area (Å²) < 4.78 is 1.22. The van der Waals surface area contributed by atoms with Crippen molar-refractivity contribution in [2.45, 2.75) is 25.2 Å². The molecular formula is C15H18BrN. The smallest absolute Gasteiger partial charge is 0.0178 e. The van der Waals surface area contributed by atoms with Crippen LogP contribution in [-0.4, -0.2) is 24.5 Å². The molecule has 0 saturated carbocycles. The van der Waals surface area contributed by atoms with Crippen molar-refractivity contribution in [1.82, 2.24) is 4.90 Å². The van der Waals surface area contributed by atoms with Gasteiger partial charge in [-0.2, -0.15) is 0 Å². The van der Waals surface area contributed by atoms with E-state index in [2.05, 4.69) is 51.2 Å². The van der Waals surface area contributed by atoms with E-state index in [1.807, 2.05) is 0 Å². The van der Waals surface area contributed by atoms with Crippen LogP contribution in [0.3, 0.4) is 0 Å². The molecule has 0 bridgehead atoms. The summed E-state index contributed by atoms with van der Waals surface area (Å²) in [6, 6.07) is 6.78. The number of rotatable bonds is 2. The lowest BCUT2D eigenvalue weighted by molar-refractivity contribution is 0.278. The first-order valence-electron chi connectivity index (χ1n) is 6.48. The molecule has 0 spiro atoms. The van der Waals surface area contributed by atoms with Crippen LogP contribution >= 0.6 is 15.9 Å². The highest BCUT2D eigenvalue weighted by molar-refractivity contribution is 9.10. The Balaban J connectivity index is 1.74. The molecule has 1 unspecified atom stereocenters. The molecule has 0 N–H and O–H groups in total. The van der Waals surface area contributed by atoms with Crippen molar-refractivity contribution in [3.8, 4) is 0 Å². The molecule has 17 heavy (non-hydrogen) atoms. The summed E-state index contributed by atoms with van der Waals surface area (Å²) in [5.74, 6) is 0.744. The van der Waals surface area contributed by atoms with E-state index in [1.54, 1.807) is 11.1 Å². The minimum Gasteiger partial charge on any atom is -0.299 e. The van der Waals surface area contributed by atoms with E-state index in [1.165, 1.54) is 36.8 Å². The molecule has 0 radical (unpaired) electrons. The lowest BCUT2D eigenvalue weighted by Crippen LogP contribution is -2.31. The predicted octanol–water partition coefficient (Wildman–Crippen LogP) is 3.74. The van der Waals surface area contributed by atoms with Crippen LogP contribution in [0.15, 0.2) is 34.8 Å². The molecule has 90 valence electrons. The molecule has 0 amide bonds. The Labute approximate surface area is 112 Å². The van der Waals surface area contributed by atoms with Crippen LogP contribution in [0.5, 0.6) is 0 Å². The van der Waals surface area contributed by atoms with Crippen molar-refractivity contribution < 1.29 is 0 Å². The Morgan fingerprint density at radius 2 is 2.24 bits per heavy atom. The third-order valence-corrected chi connectivity index (χ3v) is 4.42. The van der Waals surface area contributed by atoms with Gasteiger partial charge in [0.05, 0.1) is 0 Å². The predicted molar refractivity (Wildman–Crippen MR) is 75.4 cm³/mol. The number of hydrogen-bond acceptors (Lipinski definition) is 1. The molecule has 0 fully saturated rings. The van der Waals surface area contributed by atoms with E-state index in [0.29, 0.717) is 0 Å². The zero-order valence-electron chi connectivity index (χ0n) is 10.0. The normalized spacial score (nSPS) is 23.9. The zero-order chi connectivity index (χ0) is 11.7. The van der Waals surface area contributed by atoms with Gasteiger partial charge in [-0.25, -0.2) is 0 Å². The van der Waals surface area contributed by atoms with Gasteiger partial charge in [0.25, 0.3) is 0 Å². The van der Waals surface area contributed by atoms with Gasteiger partial charge in [0.2, 0.25) is 0 Å². The summed E-state index contributed by atoms with van der Waals surface area (Å²) in [7, 11) is 0. The van der Waals surface area contributed by atoms with E-state index in [9.17, 15) is 0 Å². The Morgan fingerprint density at radius 3 is 3.06 bits per heavy atom. The first-order chi connectivity index (χ1) is 8.33. The van der Waals surface area contributed by atoms with Gasteiger partial charge in [0.1, 0.15) is 0 Å². The van der Waals surface area contributed by atoms with Gasteiger partial charge >= 0.3 is 0 Å². The third-order valence-electron chi connectivity index (χ3n) is 3.93. The van der Waals surface area contributed by atoms with Gasteiger partial charge < -0.3 is 0 Å². The molecule has 1 aliphatic heterocycles. The lowest BCUT2D eigenvalue weighted by Gasteiger charge is -2.26. The molecule has 1 atom stereocenters. The highest BCUT2D eigenvalue weighted by atomic mass is 79.9. The average Bonchev–Trinajstić information content (AvgIpc) is 2.73. The van der Waals surface area contributed by atoms with Crippen LogP contribution in [0.4, 0.5) is 0 Å².